The monoisotopic (exact) mass is 472 g/mol. The Morgan fingerprint density at radius 3 is 2.12 bits per heavy atom. The van der Waals surface area contributed by atoms with E-state index in [0.717, 1.165) is 4.68 Å². The summed E-state index contributed by atoms with van der Waals surface area (Å²) in [6.45, 7) is 3.81. The van der Waals surface area contributed by atoms with Gasteiger partial charge in [-0.05, 0) is 25.7 Å². The van der Waals surface area contributed by atoms with Crippen LogP contribution in [0.1, 0.15) is 29.1 Å². The lowest BCUT2D eigenvalue weighted by atomic mass is 10.1. The van der Waals surface area contributed by atoms with Gasteiger partial charge >= 0.3 is 5.82 Å². The minimum absolute atomic E-state index is 0.0439. The normalized spacial score (nSPS) is 11.2. The summed E-state index contributed by atoms with van der Waals surface area (Å²) < 4.78 is 70.5. The minimum Gasteiger partial charge on any atom is -0.358 e. The van der Waals surface area contributed by atoms with E-state index in [1.807, 2.05) is 0 Å². The molecule has 2 aromatic heterocycles. The van der Waals surface area contributed by atoms with Crippen LogP contribution in [0.15, 0.2) is 6.07 Å². The topological polar surface area (TPSA) is 108 Å². The minimum atomic E-state index is -2.26. The van der Waals surface area contributed by atoms with Crippen LogP contribution >= 0.6 is 0 Å². The van der Waals surface area contributed by atoms with Gasteiger partial charge in [-0.15, -0.1) is 0 Å². The molecule has 176 valence electrons. The molecule has 9 nitrogen and oxygen atoms in total. The van der Waals surface area contributed by atoms with Crippen LogP contribution in [0.5, 0.6) is 0 Å². The number of carbonyl (C=O) groups excluding carboxylic acids is 1. The molecule has 0 fully saturated rings. The molecule has 3 aromatic rings. The lowest BCUT2D eigenvalue weighted by Gasteiger charge is -2.10. The van der Waals surface area contributed by atoms with Gasteiger partial charge in [0.15, 0.2) is 23.3 Å². The third-order valence-electron chi connectivity index (χ3n) is 4.96. The summed E-state index contributed by atoms with van der Waals surface area (Å²) >= 11 is 0. The van der Waals surface area contributed by atoms with Gasteiger partial charge in [0, 0.05) is 6.42 Å². The van der Waals surface area contributed by atoms with Crippen LogP contribution < -0.4 is 5.32 Å². The summed E-state index contributed by atoms with van der Waals surface area (Å²) in [5.41, 5.74) is 0.0847. The average molecular weight is 472 g/mol. The Hall–Kier alpha value is -3.84. The number of carbonyl (C=O) groups is 1. The zero-order chi connectivity index (χ0) is 24.6. The van der Waals surface area contributed by atoms with Crippen molar-refractivity contribution in [1.29, 1.82) is 0 Å². The SMILES string of the molecule is Cc1nn(Cc2c(F)c(F)c(F)c(F)c2F)c(C)c1NC(=O)CCn1nc([N+](=O)[O-])cc1C. The maximum Gasteiger partial charge on any atom is 0.390 e. The van der Waals surface area contributed by atoms with Gasteiger partial charge < -0.3 is 15.4 Å². The molecule has 0 saturated carbocycles. The predicted octanol–water partition coefficient (Wildman–Crippen LogP) is 3.69. The van der Waals surface area contributed by atoms with Gasteiger partial charge in [0.25, 0.3) is 0 Å². The third kappa shape index (κ3) is 4.54. The number of hydrogen-bond acceptors (Lipinski definition) is 5. The van der Waals surface area contributed by atoms with Crippen molar-refractivity contribution in [3.05, 3.63) is 67.9 Å². The van der Waals surface area contributed by atoms with Gasteiger partial charge in [-0.2, -0.15) is 9.78 Å². The van der Waals surface area contributed by atoms with Crippen LogP contribution in [0.3, 0.4) is 0 Å². The van der Waals surface area contributed by atoms with E-state index < -0.39 is 52.0 Å². The highest BCUT2D eigenvalue weighted by Gasteiger charge is 2.27. The van der Waals surface area contributed by atoms with E-state index in [4.69, 9.17) is 0 Å². The molecule has 0 radical (unpaired) electrons. The Morgan fingerprint density at radius 2 is 1.58 bits per heavy atom. The summed E-state index contributed by atoms with van der Waals surface area (Å²) in [6.07, 6.45) is -0.110. The molecule has 2 heterocycles. The second-order valence-corrected chi connectivity index (χ2v) is 7.17. The van der Waals surface area contributed by atoms with E-state index in [2.05, 4.69) is 15.5 Å². The van der Waals surface area contributed by atoms with Crippen molar-refractivity contribution in [2.75, 3.05) is 5.32 Å². The first-order valence-electron chi connectivity index (χ1n) is 9.45. The van der Waals surface area contributed by atoms with Crippen molar-refractivity contribution in [1.82, 2.24) is 19.6 Å². The Balaban J connectivity index is 1.76. The van der Waals surface area contributed by atoms with Crippen molar-refractivity contribution in [3.63, 3.8) is 0 Å². The Morgan fingerprint density at radius 1 is 1.00 bits per heavy atom. The largest absolute Gasteiger partial charge is 0.390 e. The van der Waals surface area contributed by atoms with Gasteiger partial charge in [-0.1, -0.05) is 0 Å². The molecule has 0 atom stereocenters. The van der Waals surface area contributed by atoms with Gasteiger partial charge in [0.1, 0.15) is 0 Å². The quantitative estimate of drug-likeness (QED) is 0.186. The number of nitrogens with one attached hydrogen (secondary N) is 1. The highest BCUT2D eigenvalue weighted by Crippen LogP contribution is 2.26. The van der Waals surface area contributed by atoms with Gasteiger partial charge in [0.05, 0.1) is 52.6 Å². The molecule has 0 unspecified atom stereocenters. The standard InChI is InChI=1S/C19H17F5N6O3/c1-8-6-12(30(32)33)27-28(8)5-4-13(31)25-19-9(2)26-29(10(19)3)7-11-14(20)16(22)18(24)17(23)15(11)21/h6H,4-5,7H2,1-3H3,(H,25,31). The van der Waals surface area contributed by atoms with Crippen LogP contribution in [0.25, 0.3) is 0 Å². The molecule has 0 bridgehead atoms. The summed E-state index contributed by atoms with van der Waals surface area (Å²) in [4.78, 5) is 22.5. The zero-order valence-electron chi connectivity index (χ0n) is 17.5. The van der Waals surface area contributed by atoms with Crippen LogP contribution in [-0.2, 0) is 17.9 Å². The fourth-order valence-electron chi connectivity index (χ4n) is 3.19. The fourth-order valence-corrected chi connectivity index (χ4v) is 3.19. The number of halogens is 5. The molecule has 0 aliphatic carbocycles. The summed E-state index contributed by atoms with van der Waals surface area (Å²) in [5, 5.41) is 21.1. The van der Waals surface area contributed by atoms with Gasteiger partial charge in [0.2, 0.25) is 11.7 Å². The van der Waals surface area contributed by atoms with Crippen molar-refractivity contribution in [2.24, 2.45) is 0 Å². The average Bonchev–Trinajstić information content (AvgIpc) is 3.27. The first-order valence-corrected chi connectivity index (χ1v) is 9.45. The van der Waals surface area contributed by atoms with E-state index in [9.17, 15) is 36.9 Å². The summed E-state index contributed by atoms with van der Waals surface area (Å²) in [6, 6.07) is 1.26. The van der Waals surface area contributed by atoms with E-state index in [0.29, 0.717) is 5.69 Å². The van der Waals surface area contributed by atoms with Crippen molar-refractivity contribution >= 4 is 17.4 Å². The second kappa shape index (κ2) is 8.96. The molecular formula is C19H17F5N6O3. The highest BCUT2D eigenvalue weighted by atomic mass is 19.2. The lowest BCUT2D eigenvalue weighted by Crippen LogP contribution is -2.17. The van der Waals surface area contributed by atoms with Crippen LogP contribution in [0.4, 0.5) is 33.5 Å². The summed E-state index contributed by atoms with van der Waals surface area (Å²) in [5.74, 6) is -11.2. The summed E-state index contributed by atoms with van der Waals surface area (Å²) in [7, 11) is 0. The number of amides is 1. The molecule has 1 aromatic carbocycles. The molecule has 0 saturated heterocycles. The Bertz CT molecular complexity index is 1240. The Labute approximate surface area is 183 Å². The molecule has 14 heteroatoms. The van der Waals surface area contributed by atoms with Gasteiger partial charge in [-0.25, -0.2) is 22.0 Å². The predicted molar refractivity (Wildman–Crippen MR) is 104 cm³/mol. The number of nitrogens with zero attached hydrogens (tertiary/aromatic N) is 5. The zero-order valence-corrected chi connectivity index (χ0v) is 17.5. The maximum atomic E-state index is 14.0. The molecule has 3 rings (SSSR count). The molecule has 1 amide bonds. The van der Waals surface area contributed by atoms with Crippen molar-refractivity contribution < 1.29 is 31.7 Å². The van der Waals surface area contributed by atoms with E-state index >= 15 is 0 Å². The van der Waals surface area contributed by atoms with Crippen LogP contribution in [0, 0.1) is 60.0 Å². The van der Waals surface area contributed by atoms with Crippen LogP contribution in [-0.4, -0.2) is 30.4 Å². The fraction of sp³-hybridized carbons (Fsp3) is 0.316. The van der Waals surface area contributed by atoms with Crippen molar-refractivity contribution in [3.8, 4) is 0 Å². The molecule has 1 N–H and O–H groups in total. The third-order valence-corrected chi connectivity index (χ3v) is 4.96. The van der Waals surface area contributed by atoms with E-state index in [-0.39, 0.29) is 35.9 Å². The molecule has 0 spiro atoms. The first-order chi connectivity index (χ1) is 15.4. The number of benzene rings is 1. The lowest BCUT2D eigenvalue weighted by molar-refractivity contribution is -0.389. The number of aryl methyl sites for hydroxylation is 3. The van der Waals surface area contributed by atoms with Crippen molar-refractivity contribution in [2.45, 2.75) is 40.3 Å². The highest BCUT2D eigenvalue weighted by molar-refractivity contribution is 5.91. The molecule has 33 heavy (non-hydrogen) atoms. The number of aromatic nitrogens is 4. The first kappa shape index (κ1) is 23.8. The molecule has 0 aliphatic heterocycles. The van der Waals surface area contributed by atoms with E-state index in [1.54, 1.807) is 6.92 Å². The maximum absolute atomic E-state index is 14.0. The van der Waals surface area contributed by atoms with Gasteiger partial charge in [-0.3, -0.25) is 9.48 Å². The van der Waals surface area contributed by atoms with Crippen LogP contribution in [0.2, 0.25) is 0 Å². The number of nitro groups is 1. The molecule has 0 aliphatic rings. The number of anilines is 1. The second-order valence-electron chi connectivity index (χ2n) is 7.17. The van der Waals surface area contributed by atoms with E-state index in [1.165, 1.54) is 24.6 Å². The number of hydrogen-bond donors (Lipinski definition) is 1. The Kier molecular flexibility index (Phi) is 6.46. The molecular weight excluding hydrogens is 455 g/mol. The smallest absolute Gasteiger partial charge is 0.358 e. The number of rotatable bonds is 7.